The molecule has 0 aliphatic carbocycles. The molecule has 0 radical (unpaired) electrons. The lowest BCUT2D eigenvalue weighted by Crippen LogP contribution is -2.31. The molecule has 0 N–H and O–H groups in total. The number of esters is 1. The minimum atomic E-state index is -3.67. The number of thiazole rings is 1. The maximum absolute atomic E-state index is 12.9. The molecule has 0 atom stereocenters. The van der Waals surface area contributed by atoms with Crippen LogP contribution >= 0.6 is 11.3 Å². The summed E-state index contributed by atoms with van der Waals surface area (Å²) in [5.41, 5.74) is 2.13. The maximum atomic E-state index is 12.9. The molecule has 0 spiro atoms. The minimum absolute atomic E-state index is 0.00578. The molecule has 0 fully saturated rings. The Bertz CT molecular complexity index is 1120. The SMILES string of the molecule is CCN(CC)S(=O)(=O)c1cc(C(=O)OCc2csc(-c3ccccn3)n2)ccc1C. The van der Waals surface area contributed by atoms with Crippen molar-refractivity contribution in [1.82, 2.24) is 14.3 Å². The Kier molecular flexibility index (Phi) is 6.96. The summed E-state index contributed by atoms with van der Waals surface area (Å²) < 4.78 is 32.5. The van der Waals surface area contributed by atoms with Crippen molar-refractivity contribution < 1.29 is 17.9 Å². The zero-order valence-electron chi connectivity index (χ0n) is 17.0. The third kappa shape index (κ3) is 4.75. The first-order chi connectivity index (χ1) is 14.4. The summed E-state index contributed by atoms with van der Waals surface area (Å²) in [6.07, 6.45) is 1.69. The highest BCUT2D eigenvalue weighted by Gasteiger charge is 2.25. The van der Waals surface area contributed by atoms with E-state index in [9.17, 15) is 13.2 Å². The summed E-state index contributed by atoms with van der Waals surface area (Å²) in [7, 11) is -3.67. The van der Waals surface area contributed by atoms with Crippen LogP contribution in [0.5, 0.6) is 0 Å². The molecule has 9 heteroatoms. The molecule has 158 valence electrons. The average Bonchev–Trinajstić information content (AvgIpc) is 3.22. The van der Waals surface area contributed by atoms with Gasteiger partial charge in [-0.1, -0.05) is 26.0 Å². The fraction of sp³-hybridized carbons (Fsp3) is 0.286. The molecule has 3 rings (SSSR count). The van der Waals surface area contributed by atoms with E-state index in [4.69, 9.17) is 4.74 Å². The number of pyridine rings is 1. The van der Waals surface area contributed by atoms with Gasteiger partial charge in [0.05, 0.1) is 21.8 Å². The first-order valence-corrected chi connectivity index (χ1v) is 11.8. The number of ether oxygens (including phenoxy) is 1. The van der Waals surface area contributed by atoms with E-state index >= 15 is 0 Å². The van der Waals surface area contributed by atoms with Crippen molar-refractivity contribution in [2.45, 2.75) is 32.3 Å². The monoisotopic (exact) mass is 445 g/mol. The second-order valence-corrected chi connectivity index (χ2v) is 9.27. The molecule has 7 nitrogen and oxygen atoms in total. The van der Waals surface area contributed by atoms with Crippen molar-refractivity contribution >= 4 is 27.3 Å². The second kappa shape index (κ2) is 9.46. The fourth-order valence-electron chi connectivity index (χ4n) is 2.91. The minimum Gasteiger partial charge on any atom is -0.456 e. The fourth-order valence-corrected chi connectivity index (χ4v) is 5.40. The zero-order valence-corrected chi connectivity index (χ0v) is 18.7. The van der Waals surface area contributed by atoms with E-state index in [2.05, 4.69) is 9.97 Å². The van der Waals surface area contributed by atoms with E-state index in [0.29, 0.717) is 24.3 Å². The third-order valence-corrected chi connectivity index (χ3v) is 7.64. The van der Waals surface area contributed by atoms with Crippen LogP contribution in [0.15, 0.2) is 52.9 Å². The van der Waals surface area contributed by atoms with Gasteiger partial charge in [-0.25, -0.2) is 18.2 Å². The highest BCUT2D eigenvalue weighted by Crippen LogP contribution is 2.23. The van der Waals surface area contributed by atoms with Crippen LogP contribution in [0.3, 0.4) is 0 Å². The molecular weight excluding hydrogens is 422 g/mol. The molecule has 2 heterocycles. The molecule has 1 aromatic carbocycles. The van der Waals surface area contributed by atoms with Crippen molar-refractivity contribution in [2.75, 3.05) is 13.1 Å². The standard InChI is InChI=1S/C21H23N3O4S2/c1-4-24(5-2)30(26,27)19-12-16(10-9-15(19)3)21(25)28-13-17-14-29-20(23-17)18-8-6-7-11-22-18/h6-12,14H,4-5,13H2,1-3H3. The highest BCUT2D eigenvalue weighted by molar-refractivity contribution is 7.89. The molecule has 0 unspecified atom stereocenters. The summed E-state index contributed by atoms with van der Waals surface area (Å²) >= 11 is 1.42. The van der Waals surface area contributed by atoms with Crippen molar-refractivity contribution in [3.05, 3.63) is 64.8 Å². The van der Waals surface area contributed by atoms with E-state index in [1.165, 1.54) is 21.7 Å². The van der Waals surface area contributed by atoms with Crippen molar-refractivity contribution in [3.8, 4) is 10.7 Å². The van der Waals surface area contributed by atoms with Gasteiger partial charge in [0, 0.05) is 24.7 Å². The second-order valence-electron chi connectivity index (χ2n) is 6.50. The van der Waals surface area contributed by atoms with Gasteiger partial charge in [-0.15, -0.1) is 11.3 Å². The molecule has 2 aromatic heterocycles. The zero-order chi connectivity index (χ0) is 21.7. The van der Waals surface area contributed by atoms with Crippen LogP contribution in [0.25, 0.3) is 10.7 Å². The molecule has 0 aliphatic rings. The molecule has 0 bridgehead atoms. The summed E-state index contributed by atoms with van der Waals surface area (Å²) in [6, 6.07) is 10.1. The Balaban J connectivity index is 1.74. The number of hydrogen-bond acceptors (Lipinski definition) is 7. The van der Waals surface area contributed by atoms with Gasteiger partial charge >= 0.3 is 5.97 Å². The van der Waals surface area contributed by atoms with Crippen LogP contribution in [0.1, 0.15) is 35.5 Å². The van der Waals surface area contributed by atoms with Crippen LogP contribution in [-0.2, 0) is 21.4 Å². The number of carbonyl (C=O) groups is 1. The van der Waals surface area contributed by atoms with Crippen LogP contribution in [0.4, 0.5) is 0 Å². The van der Waals surface area contributed by atoms with E-state index in [1.807, 2.05) is 23.6 Å². The van der Waals surface area contributed by atoms with E-state index < -0.39 is 16.0 Å². The number of nitrogens with zero attached hydrogens (tertiary/aromatic N) is 3. The average molecular weight is 446 g/mol. The Labute approximate surface area is 180 Å². The van der Waals surface area contributed by atoms with Gasteiger partial charge in [-0.2, -0.15) is 4.31 Å². The number of sulfonamides is 1. The molecule has 0 saturated carbocycles. The predicted octanol–water partition coefficient (Wildman–Crippen LogP) is 3.90. The summed E-state index contributed by atoms with van der Waals surface area (Å²) in [5.74, 6) is -0.599. The van der Waals surface area contributed by atoms with Crippen LogP contribution in [0, 0.1) is 6.92 Å². The highest BCUT2D eigenvalue weighted by atomic mass is 32.2. The normalized spacial score (nSPS) is 11.6. The van der Waals surface area contributed by atoms with Crippen molar-refractivity contribution in [2.24, 2.45) is 0 Å². The number of rotatable bonds is 8. The maximum Gasteiger partial charge on any atom is 0.338 e. The van der Waals surface area contributed by atoms with Crippen molar-refractivity contribution in [1.29, 1.82) is 0 Å². The Morgan fingerprint density at radius 2 is 1.93 bits per heavy atom. The van der Waals surface area contributed by atoms with Gasteiger partial charge in [-0.05, 0) is 36.8 Å². The molecular formula is C21H23N3O4S2. The van der Waals surface area contributed by atoms with Crippen LogP contribution in [0.2, 0.25) is 0 Å². The lowest BCUT2D eigenvalue weighted by Gasteiger charge is -2.20. The Hall–Kier alpha value is -2.62. The quantitative estimate of drug-likeness (QED) is 0.489. The predicted molar refractivity (Wildman–Crippen MR) is 116 cm³/mol. The third-order valence-electron chi connectivity index (χ3n) is 4.53. The van der Waals surface area contributed by atoms with Gasteiger partial charge in [0.25, 0.3) is 0 Å². The summed E-state index contributed by atoms with van der Waals surface area (Å²) in [4.78, 5) is 21.3. The number of aromatic nitrogens is 2. The van der Waals surface area contributed by atoms with Crippen LogP contribution in [-0.4, -0.2) is 41.7 Å². The Morgan fingerprint density at radius 3 is 2.60 bits per heavy atom. The Morgan fingerprint density at radius 1 is 1.17 bits per heavy atom. The molecule has 0 aliphatic heterocycles. The molecule has 30 heavy (non-hydrogen) atoms. The first-order valence-electron chi connectivity index (χ1n) is 9.50. The number of hydrogen-bond donors (Lipinski definition) is 0. The van der Waals surface area contributed by atoms with Gasteiger partial charge in [0.2, 0.25) is 10.0 Å². The largest absolute Gasteiger partial charge is 0.456 e. The molecule has 3 aromatic rings. The topological polar surface area (TPSA) is 89.5 Å². The number of benzene rings is 1. The van der Waals surface area contributed by atoms with Crippen molar-refractivity contribution in [3.63, 3.8) is 0 Å². The smallest absolute Gasteiger partial charge is 0.338 e. The lowest BCUT2D eigenvalue weighted by molar-refractivity contribution is 0.0468. The molecule has 0 saturated heterocycles. The number of carbonyl (C=O) groups excluding carboxylic acids is 1. The molecule has 0 amide bonds. The summed E-state index contributed by atoms with van der Waals surface area (Å²) in [5, 5.41) is 2.55. The van der Waals surface area contributed by atoms with Crippen LogP contribution < -0.4 is 0 Å². The first kappa shape index (κ1) is 22.1. The summed E-state index contributed by atoms with van der Waals surface area (Å²) in [6.45, 7) is 5.97. The van der Waals surface area contributed by atoms with Gasteiger partial charge in [0.1, 0.15) is 11.6 Å². The van der Waals surface area contributed by atoms with E-state index in [0.717, 1.165) is 10.7 Å². The van der Waals surface area contributed by atoms with Gasteiger partial charge < -0.3 is 4.74 Å². The van der Waals surface area contributed by atoms with E-state index in [1.54, 1.807) is 39.1 Å². The number of aryl methyl sites for hydroxylation is 1. The van der Waals surface area contributed by atoms with E-state index in [-0.39, 0.29) is 17.1 Å². The van der Waals surface area contributed by atoms with Gasteiger partial charge in [0.15, 0.2) is 0 Å². The van der Waals surface area contributed by atoms with Gasteiger partial charge in [-0.3, -0.25) is 4.98 Å². The lowest BCUT2D eigenvalue weighted by atomic mass is 10.1.